The Morgan fingerprint density at radius 1 is 1.31 bits per heavy atom. The highest BCUT2D eigenvalue weighted by Crippen LogP contribution is 2.38. The fourth-order valence-corrected chi connectivity index (χ4v) is 3.41. The van der Waals surface area contributed by atoms with E-state index >= 15 is 0 Å². The molecule has 1 atom stereocenters. The molecule has 0 amide bonds. The molecule has 3 rings (SSSR count). The Morgan fingerprint density at radius 3 is 2.58 bits per heavy atom. The van der Waals surface area contributed by atoms with Gasteiger partial charge in [0.2, 0.25) is 5.89 Å². The fraction of sp³-hybridized carbons (Fsp3) is 0.529. The molecule has 0 radical (unpaired) electrons. The first-order valence-corrected chi connectivity index (χ1v) is 8.53. The Labute approximate surface area is 148 Å². The number of hydrogen-bond acceptors (Lipinski definition) is 5. The van der Waals surface area contributed by atoms with Crippen molar-refractivity contribution >= 4 is 5.69 Å². The average Bonchev–Trinajstić information content (AvgIpc) is 3.01. The van der Waals surface area contributed by atoms with Gasteiger partial charge in [0.15, 0.2) is 0 Å². The number of alkyl halides is 3. The van der Waals surface area contributed by atoms with Crippen molar-refractivity contribution in [3.05, 3.63) is 34.3 Å². The van der Waals surface area contributed by atoms with E-state index in [4.69, 9.17) is 10.2 Å². The van der Waals surface area contributed by atoms with Gasteiger partial charge in [0, 0.05) is 23.3 Å². The Kier molecular flexibility index (Phi) is 5.08. The molecule has 6 nitrogen and oxygen atoms in total. The van der Waals surface area contributed by atoms with Crippen molar-refractivity contribution < 1.29 is 17.6 Å². The van der Waals surface area contributed by atoms with E-state index in [2.05, 4.69) is 15.5 Å². The molecule has 1 aromatic carbocycles. The third-order valence-corrected chi connectivity index (χ3v) is 4.92. The summed E-state index contributed by atoms with van der Waals surface area (Å²) in [6.07, 6.45) is -0.986. The lowest BCUT2D eigenvalue weighted by atomic mass is 9.82. The highest BCUT2D eigenvalue weighted by Gasteiger charge is 2.35. The van der Waals surface area contributed by atoms with E-state index in [9.17, 15) is 18.0 Å². The molecule has 9 heteroatoms. The molecular formula is C17H21F3N4O2. The van der Waals surface area contributed by atoms with Gasteiger partial charge in [0.25, 0.3) is 0 Å². The van der Waals surface area contributed by atoms with E-state index in [1.807, 2.05) is 6.92 Å². The maximum atomic E-state index is 13.4. The average molecular weight is 370 g/mol. The third kappa shape index (κ3) is 4.09. The summed E-state index contributed by atoms with van der Waals surface area (Å²) in [6.45, 7) is 1.88. The lowest BCUT2D eigenvalue weighted by molar-refractivity contribution is -0.137. The van der Waals surface area contributed by atoms with Gasteiger partial charge in [-0.25, -0.2) is 9.89 Å². The third-order valence-electron chi connectivity index (χ3n) is 4.92. The molecule has 1 aliphatic rings. The van der Waals surface area contributed by atoms with Gasteiger partial charge in [0.1, 0.15) is 0 Å². The largest absolute Gasteiger partial charge is 0.434 e. The fourth-order valence-electron chi connectivity index (χ4n) is 3.41. The second-order valence-electron chi connectivity index (χ2n) is 6.78. The Hall–Kier alpha value is -2.29. The first kappa shape index (κ1) is 18.5. The van der Waals surface area contributed by atoms with E-state index in [-0.39, 0.29) is 35.1 Å². The Morgan fingerprint density at radius 2 is 2.00 bits per heavy atom. The van der Waals surface area contributed by atoms with Crippen LogP contribution in [0.25, 0.3) is 11.5 Å². The highest BCUT2D eigenvalue weighted by atomic mass is 19.4. The van der Waals surface area contributed by atoms with Crippen molar-refractivity contribution in [2.24, 2.45) is 11.7 Å². The van der Waals surface area contributed by atoms with Crippen LogP contribution < -0.4 is 16.8 Å². The summed E-state index contributed by atoms with van der Waals surface area (Å²) in [4.78, 5) is 11.1. The van der Waals surface area contributed by atoms with Crippen LogP contribution in [0.2, 0.25) is 0 Å². The van der Waals surface area contributed by atoms with E-state index in [1.165, 1.54) is 12.1 Å². The second kappa shape index (κ2) is 7.14. The number of halogens is 3. The van der Waals surface area contributed by atoms with E-state index in [0.29, 0.717) is 0 Å². The summed E-state index contributed by atoms with van der Waals surface area (Å²) < 4.78 is 45.0. The number of aromatic nitrogens is 2. The van der Waals surface area contributed by atoms with Crippen molar-refractivity contribution in [2.45, 2.75) is 50.9 Å². The molecule has 1 fully saturated rings. The molecule has 2 aromatic rings. The summed E-state index contributed by atoms with van der Waals surface area (Å²) in [5, 5.41) is 8.77. The van der Waals surface area contributed by atoms with Crippen LogP contribution in [0.4, 0.5) is 18.9 Å². The van der Waals surface area contributed by atoms with Crippen LogP contribution in [0.5, 0.6) is 0 Å². The normalized spacial score (nSPS) is 22.2. The van der Waals surface area contributed by atoms with Crippen molar-refractivity contribution in [3.63, 3.8) is 0 Å². The first-order valence-electron chi connectivity index (χ1n) is 8.53. The van der Waals surface area contributed by atoms with Crippen molar-refractivity contribution in [3.8, 4) is 11.5 Å². The zero-order valence-electron chi connectivity index (χ0n) is 14.3. The predicted octanol–water partition coefficient (Wildman–Crippen LogP) is 3.37. The lowest BCUT2D eigenvalue weighted by Crippen LogP contribution is -2.34. The van der Waals surface area contributed by atoms with E-state index in [1.54, 1.807) is 0 Å². The number of benzene rings is 1. The summed E-state index contributed by atoms with van der Waals surface area (Å²) in [7, 11) is 0. The standard InChI is InChI=1S/C17H21F3N4O2/c1-9(10-2-5-12(21)6-3-10)22-14-8-11(15-23-24-16(25)26-15)4-7-13(14)17(18,19)20/h4,7-10,12,22H,2-3,5-6,21H2,1H3,(H,24,25)/t9-,10?,12?/m1/s1. The van der Waals surface area contributed by atoms with Crippen LogP contribution >= 0.6 is 0 Å². The lowest BCUT2D eigenvalue weighted by Gasteiger charge is -2.32. The maximum absolute atomic E-state index is 13.4. The highest BCUT2D eigenvalue weighted by molar-refractivity contribution is 5.65. The molecule has 1 aromatic heterocycles. The van der Waals surface area contributed by atoms with Crippen LogP contribution in [0.3, 0.4) is 0 Å². The van der Waals surface area contributed by atoms with Crippen molar-refractivity contribution in [1.29, 1.82) is 0 Å². The van der Waals surface area contributed by atoms with E-state index in [0.717, 1.165) is 31.7 Å². The molecule has 0 saturated heterocycles. The summed E-state index contributed by atoms with van der Waals surface area (Å²) in [5.41, 5.74) is 5.37. The minimum Gasteiger partial charge on any atom is -0.388 e. The van der Waals surface area contributed by atoms with Crippen LogP contribution in [0.15, 0.2) is 27.4 Å². The molecule has 26 heavy (non-hydrogen) atoms. The second-order valence-corrected chi connectivity index (χ2v) is 6.78. The Balaban J connectivity index is 1.88. The summed E-state index contributed by atoms with van der Waals surface area (Å²) >= 11 is 0. The number of anilines is 1. The molecule has 4 N–H and O–H groups in total. The molecule has 1 heterocycles. The minimum absolute atomic E-state index is 0.0527. The molecule has 0 bridgehead atoms. The monoisotopic (exact) mass is 370 g/mol. The van der Waals surface area contributed by atoms with Gasteiger partial charge in [-0.05, 0) is 56.7 Å². The van der Waals surface area contributed by atoms with Crippen molar-refractivity contribution in [1.82, 2.24) is 10.2 Å². The van der Waals surface area contributed by atoms with Gasteiger partial charge >= 0.3 is 11.9 Å². The number of nitrogens with one attached hydrogen (secondary N) is 2. The number of H-pyrrole nitrogens is 1. The van der Waals surface area contributed by atoms with Gasteiger partial charge in [-0.1, -0.05) is 0 Å². The van der Waals surface area contributed by atoms with E-state index < -0.39 is 17.5 Å². The van der Waals surface area contributed by atoms with Gasteiger partial charge in [0.05, 0.1) is 5.56 Å². The zero-order chi connectivity index (χ0) is 18.9. The maximum Gasteiger partial charge on any atom is 0.434 e. The molecule has 0 aliphatic heterocycles. The zero-order valence-corrected chi connectivity index (χ0v) is 14.3. The summed E-state index contributed by atoms with van der Waals surface area (Å²) in [6, 6.07) is 3.54. The molecule has 1 saturated carbocycles. The molecular weight excluding hydrogens is 349 g/mol. The first-order chi connectivity index (χ1) is 12.2. The van der Waals surface area contributed by atoms with Crippen LogP contribution in [0.1, 0.15) is 38.2 Å². The van der Waals surface area contributed by atoms with Crippen LogP contribution in [-0.4, -0.2) is 22.3 Å². The molecule has 1 aliphatic carbocycles. The van der Waals surface area contributed by atoms with Gasteiger partial charge in [-0.2, -0.15) is 13.2 Å². The molecule has 0 spiro atoms. The smallest absolute Gasteiger partial charge is 0.388 e. The van der Waals surface area contributed by atoms with Crippen LogP contribution in [0, 0.1) is 5.92 Å². The number of hydrogen-bond donors (Lipinski definition) is 3. The number of nitrogens with zero attached hydrogens (tertiary/aromatic N) is 1. The molecule has 0 unspecified atom stereocenters. The number of rotatable bonds is 4. The minimum atomic E-state index is -4.50. The quantitative estimate of drug-likeness (QED) is 0.767. The topological polar surface area (TPSA) is 96.9 Å². The number of aromatic amines is 1. The van der Waals surface area contributed by atoms with Gasteiger partial charge in [-0.15, -0.1) is 5.10 Å². The van der Waals surface area contributed by atoms with Gasteiger partial charge < -0.3 is 15.5 Å². The predicted molar refractivity (Wildman–Crippen MR) is 90.6 cm³/mol. The van der Waals surface area contributed by atoms with Crippen molar-refractivity contribution in [2.75, 3.05) is 5.32 Å². The summed E-state index contributed by atoms with van der Waals surface area (Å²) in [5.74, 6) is -0.563. The van der Waals surface area contributed by atoms with Crippen LogP contribution in [-0.2, 0) is 6.18 Å². The SMILES string of the molecule is C[C@@H](Nc1cc(-c2n[nH]c(=O)o2)ccc1C(F)(F)F)C1CCC(N)CC1. The Bertz CT molecular complexity index is 807. The van der Waals surface area contributed by atoms with Gasteiger partial charge in [-0.3, -0.25) is 0 Å². The number of nitrogens with two attached hydrogens (primary N) is 1. The molecule has 142 valence electrons.